The van der Waals surface area contributed by atoms with E-state index in [1.54, 1.807) is 7.11 Å². The third kappa shape index (κ3) is 6.85. The summed E-state index contributed by atoms with van der Waals surface area (Å²) in [6.45, 7) is 2.60. The molecule has 0 bridgehead atoms. The summed E-state index contributed by atoms with van der Waals surface area (Å²) < 4.78 is 5.29. The molecular formula is C17H29Cl2N3O2. The van der Waals surface area contributed by atoms with E-state index >= 15 is 0 Å². The van der Waals surface area contributed by atoms with E-state index in [0.29, 0.717) is 18.9 Å². The van der Waals surface area contributed by atoms with E-state index in [1.807, 2.05) is 32.3 Å². The third-order valence-corrected chi connectivity index (χ3v) is 4.23. The van der Waals surface area contributed by atoms with Crippen LogP contribution in [0.5, 0.6) is 5.75 Å². The van der Waals surface area contributed by atoms with Gasteiger partial charge in [0, 0.05) is 13.0 Å². The first kappa shape index (κ1) is 23.0. The fourth-order valence-electron chi connectivity index (χ4n) is 2.88. The minimum absolute atomic E-state index is 0. The third-order valence-electron chi connectivity index (χ3n) is 4.23. The van der Waals surface area contributed by atoms with Crippen molar-refractivity contribution < 1.29 is 9.53 Å². The van der Waals surface area contributed by atoms with Crippen LogP contribution in [0.25, 0.3) is 0 Å². The monoisotopic (exact) mass is 377 g/mol. The molecule has 0 aliphatic carbocycles. The minimum Gasteiger partial charge on any atom is -0.497 e. The van der Waals surface area contributed by atoms with Crippen molar-refractivity contribution in [2.24, 2.45) is 5.92 Å². The van der Waals surface area contributed by atoms with Crippen LogP contribution in [0, 0.1) is 5.92 Å². The average Bonchev–Trinajstić information content (AvgIpc) is 3.00. The molecule has 1 saturated heterocycles. The Balaban J connectivity index is 0.00000264. The number of rotatable bonds is 7. The van der Waals surface area contributed by atoms with E-state index in [9.17, 15) is 4.79 Å². The van der Waals surface area contributed by atoms with Gasteiger partial charge in [-0.1, -0.05) is 12.1 Å². The number of nitrogens with one attached hydrogen (secondary N) is 2. The van der Waals surface area contributed by atoms with E-state index in [-0.39, 0.29) is 36.8 Å². The van der Waals surface area contributed by atoms with Gasteiger partial charge in [0.15, 0.2) is 0 Å². The number of ether oxygens (including phenoxy) is 1. The van der Waals surface area contributed by atoms with Gasteiger partial charge < -0.3 is 20.3 Å². The van der Waals surface area contributed by atoms with Crippen LogP contribution in [-0.2, 0) is 4.79 Å². The molecule has 0 saturated carbocycles. The summed E-state index contributed by atoms with van der Waals surface area (Å²) in [6.07, 6.45) is 1.71. The molecule has 7 heteroatoms. The Labute approximate surface area is 157 Å². The van der Waals surface area contributed by atoms with Crippen molar-refractivity contribution in [2.75, 3.05) is 40.8 Å². The fourth-order valence-corrected chi connectivity index (χ4v) is 2.88. The Bertz CT molecular complexity index is 494. The smallest absolute Gasteiger partial charge is 0.220 e. The van der Waals surface area contributed by atoms with E-state index in [2.05, 4.69) is 21.6 Å². The topological polar surface area (TPSA) is 53.6 Å². The molecule has 2 atom stereocenters. The molecule has 1 fully saturated rings. The maximum Gasteiger partial charge on any atom is 0.220 e. The van der Waals surface area contributed by atoms with Gasteiger partial charge in [-0.15, -0.1) is 24.8 Å². The molecule has 138 valence electrons. The first-order chi connectivity index (χ1) is 10.6. The lowest BCUT2D eigenvalue weighted by molar-refractivity contribution is -0.122. The van der Waals surface area contributed by atoms with E-state index in [0.717, 1.165) is 30.8 Å². The summed E-state index contributed by atoms with van der Waals surface area (Å²) in [7, 11) is 5.72. The summed E-state index contributed by atoms with van der Waals surface area (Å²) >= 11 is 0. The molecule has 24 heavy (non-hydrogen) atoms. The molecule has 1 amide bonds. The number of hydrogen-bond donors (Lipinski definition) is 2. The molecular weight excluding hydrogens is 349 g/mol. The summed E-state index contributed by atoms with van der Waals surface area (Å²) in [5.41, 5.74) is 1.15. The zero-order valence-electron chi connectivity index (χ0n) is 14.6. The summed E-state index contributed by atoms with van der Waals surface area (Å²) in [5, 5.41) is 6.37. The van der Waals surface area contributed by atoms with Crippen molar-refractivity contribution in [3.05, 3.63) is 29.8 Å². The van der Waals surface area contributed by atoms with Gasteiger partial charge in [-0.3, -0.25) is 4.79 Å². The van der Waals surface area contributed by atoms with Gasteiger partial charge in [-0.25, -0.2) is 0 Å². The van der Waals surface area contributed by atoms with Gasteiger partial charge in [0.05, 0.1) is 13.2 Å². The zero-order chi connectivity index (χ0) is 15.9. The summed E-state index contributed by atoms with van der Waals surface area (Å²) in [5.74, 6) is 1.46. The number of likely N-dealkylation sites (N-methyl/N-ethyl adjacent to an activating group) is 1. The van der Waals surface area contributed by atoms with E-state index in [1.165, 1.54) is 0 Å². The predicted molar refractivity (Wildman–Crippen MR) is 103 cm³/mol. The molecule has 5 nitrogen and oxygen atoms in total. The van der Waals surface area contributed by atoms with E-state index < -0.39 is 0 Å². The SMILES string of the molecule is COc1cccc(C(CNC(=O)CC2CCNC2)N(C)C)c1.Cl.Cl. The first-order valence-corrected chi connectivity index (χ1v) is 7.88. The molecule has 1 aromatic carbocycles. The van der Waals surface area contributed by atoms with Crippen molar-refractivity contribution in [3.63, 3.8) is 0 Å². The second-order valence-corrected chi connectivity index (χ2v) is 6.12. The lowest BCUT2D eigenvalue weighted by Gasteiger charge is -2.25. The highest BCUT2D eigenvalue weighted by Crippen LogP contribution is 2.22. The molecule has 2 unspecified atom stereocenters. The van der Waals surface area contributed by atoms with Gasteiger partial charge in [0.1, 0.15) is 5.75 Å². The van der Waals surface area contributed by atoms with Gasteiger partial charge >= 0.3 is 0 Å². The van der Waals surface area contributed by atoms with Crippen LogP contribution in [0.1, 0.15) is 24.4 Å². The van der Waals surface area contributed by atoms with Crippen molar-refractivity contribution in [3.8, 4) is 5.75 Å². The number of hydrogen-bond acceptors (Lipinski definition) is 4. The second kappa shape index (κ2) is 11.5. The van der Waals surface area contributed by atoms with Crippen LogP contribution in [0.2, 0.25) is 0 Å². The zero-order valence-corrected chi connectivity index (χ0v) is 16.2. The maximum atomic E-state index is 12.1. The van der Waals surface area contributed by atoms with Crippen molar-refractivity contribution >= 4 is 30.7 Å². The Morgan fingerprint density at radius 2 is 2.17 bits per heavy atom. The Kier molecular flexibility index (Phi) is 11.0. The molecule has 1 aliphatic heterocycles. The van der Waals surface area contributed by atoms with Crippen LogP contribution in [0.3, 0.4) is 0 Å². The lowest BCUT2D eigenvalue weighted by Crippen LogP contribution is -2.35. The van der Waals surface area contributed by atoms with Gasteiger partial charge in [-0.05, 0) is 57.2 Å². The molecule has 2 rings (SSSR count). The highest BCUT2D eigenvalue weighted by molar-refractivity contribution is 5.85. The normalized spacial score (nSPS) is 17.6. The van der Waals surface area contributed by atoms with Crippen molar-refractivity contribution in [1.82, 2.24) is 15.5 Å². The molecule has 0 spiro atoms. The number of amides is 1. The van der Waals surface area contributed by atoms with Gasteiger partial charge in [0.2, 0.25) is 5.91 Å². The standard InChI is InChI=1S/C17H27N3O2.2ClH/c1-20(2)16(14-5-4-6-15(10-14)22-3)12-19-17(21)9-13-7-8-18-11-13;;/h4-6,10,13,16,18H,7-9,11-12H2,1-3H3,(H,19,21);2*1H. The average molecular weight is 378 g/mol. The molecule has 1 aromatic rings. The van der Waals surface area contributed by atoms with Crippen LogP contribution in [0.15, 0.2) is 24.3 Å². The second-order valence-electron chi connectivity index (χ2n) is 6.12. The maximum absolute atomic E-state index is 12.1. The summed E-state index contributed by atoms with van der Waals surface area (Å²) in [6, 6.07) is 8.15. The summed E-state index contributed by atoms with van der Waals surface area (Å²) in [4.78, 5) is 14.2. The number of nitrogens with zero attached hydrogens (tertiary/aromatic N) is 1. The largest absolute Gasteiger partial charge is 0.497 e. The highest BCUT2D eigenvalue weighted by atomic mass is 35.5. The van der Waals surface area contributed by atoms with E-state index in [4.69, 9.17) is 4.74 Å². The number of carbonyl (C=O) groups is 1. The Morgan fingerprint density at radius 3 is 2.75 bits per heavy atom. The van der Waals surface area contributed by atoms with Crippen LogP contribution in [0.4, 0.5) is 0 Å². The first-order valence-electron chi connectivity index (χ1n) is 7.88. The predicted octanol–water partition coefficient (Wildman–Crippen LogP) is 2.26. The van der Waals surface area contributed by atoms with Crippen molar-refractivity contribution in [2.45, 2.75) is 18.9 Å². The number of carbonyl (C=O) groups excluding carboxylic acids is 1. The molecule has 2 N–H and O–H groups in total. The van der Waals surface area contributed by atoms with Crippen LogP contribution < -0.4 is 15.4 Å². The molecule has 0 radical (unpaired) electrons. The Morgan fingerprint density at radius 1 is 1.42 bits per heavy atom. The number of methoxy groups -OCH3 is 1. The molecule has 1 heterocycles. The Hall–Kier alpha value is -1.01. The quantitative estimate of drug-likeness (QED) is 0.764. The number of benzene rings is 1. The van der Waals surface area contributed by atoms with Gasteiger partial charge in [0.25, 0.3) is 0 Å². The highest BCUT2D eigenvalue weighted by Gasteiger charge is 2.20. The molecule has 0 aromatic heterocycles. The lowest BCUT2D eigenvalue weighted by atomic mass is 10.0. The van der Waals surface area contributed by atoms with Crippen LogP contribution in [-0.4, -0.2) is 51.6 Å². The van der Waals surface area contributed by atoms with Crippen molar-refractivity contribution in [1.29, 1.82) is 0 Å². The molecule has 1 aliphatic rings. The number of halogens is 2. The minimum atomic E-state index is 0. The fraction of sp³-hybridized carbons (Fsp3) is 0.588. The van der Waals surface area contributed by atoms with Crippen LogP contribution >= 0.6 is 24.8 Å². The van der Waals surface area contributed by atoms with Gasteiger partial charge in [-0.2, -0.15) is 0 Å².